The number of nitrogens with zero attached hydrogens (tertiary/aromatic N) is 1. The summed E-state index contributed by atoms with van der Waals surface area (Å²) in [4.78, 5) is 20.8. The number of hydrogen-bond donors (Lipinski definition) is 1. The van der Waals surface area contributed by atoms with Gasteiger partial charge in [0.05, 0.1) is 4.92 Å². The van der Waals surface area contributed by atoms with Crippen molar-refractivity contribution in [2.45, 2.75) is 12.8 Å². The third kappa shape index (κ3) is 2.22. The Kier molecular flexibility index (Phi) is 2.74. The molecule has 1 N–H and O–H groups in total. The second-order valence-corrected chi connectivity index (χ2v) is 3.78. The molecule has 0 unspecified atom stereocenters. The number of benzene rings is 1. The second-order valence-electron chi connectivity index (χ2n) is 3.78. The molecule has 0 radical (unpaired) electrons. The lowest BCUT2D eigenvalue weighted by molar-refractivity contribution is -0.387. The third-order valence-electron chi connectivity index (χ3n) is 2.46. The predicted molar refractivity (Wildman–Crippen MR) is 54.4 cm³/mol. The van der Waals surface area contributed by atoms with E-state index in [9.17, 15) is 23.7 Å². The van der Waals surface area contributed by atoms with Gasteiger partial charge in [-0.15, -0.1) is 0 Å². The number of nitro groups is 1. The average molecular weight is 242 g/mol. The summed E-state index contributed by atoms with van der Waals surface area (Å²) in [6.45, 7) is 0. The summed E-state index contributed by atoms with van der Waals surface area (Å²) in [5.41, 5.74) is -1.62. The normalized spacial score (nSPS) is 14.5. The summed E-state index contributed by atoms with van der Waals surface area (Å²) >= 11 is 0. The number of nitrogens with one attached hydrogen (secondary N) is 1. The van der Waals surface area contributed by atoms with E-state index in [1.54, 1.807) is 0 Å². The summed E-state index contributed by atoms with van der Waals surface area (Å²) in [5.74, 6) is -3.14. The summed E-state index contributed by atoms with van der Waals surface area (Å²) in [6, 6.07) is 1.47. The van der Waals surface area contributed by atoms with Crippen LogP contribution >= 0.6 is 0 Å². The zero-order valence-corrected chi connectivity index (χ0v) is 8.57. The molecule has 0 spiro atoms. The van der Waals surface area contributed by atoms with E-state index in [-0.39, 0.29) is 5.92 Å². The van der Waals surface area contributed by atoms with Gasteiger partial charge in [0.15, 0.2) is 0 Å². The van der Waals surface area contributed by atoms with Crippen molar-refractivity contribution in [3.05, 3.63) is 33.9 Å². The Labute approximate surface area is 94.6 Å². The standard InChI is InChI=1S/C10H8F2N2O3/c11-6-3-4-7(14(16)17)8(12)9(6)13-10(15)5-1-2-5/h3-5H,1-2H2,(H,13,15). The molecule has 5 nitrogen and oxygen atoms in total. The molecule has 0 aromatic heterocycles. The first-order chi connectivity index (χ1) is 8.00. The molecule has 1 aromatic carbocycles. The largest absolute Gasteiger partial charge is 0.321 e. The molecule has 1 aliphatic rings. The summed E-state index contributed by atoms with van der Waals surface area (Å²) < 4.78 is 26.8. The van der Waals surface area contributed by atoms with Crippen molar-refractivity contribution in [2.24, 2.45) is 5.92 Å². The van der Waals surface area contributed by atoms with Crippen molar-refractivity contribution in [2.75, 3.05) is 5.32 Å². The molecule has 1 amide bonds. The van der Waals surface area contributed by atoms with Crippen LogP contribution in [0.1, 0.15) is 12.8 Å². The Bertz CT molecular complexity index is 501. The van der Waals surface area contributed by atoms with Gasteiger partial charge in [-0.3, -0.25) is 14.9 Å². The lowest BCUT2D eigenvalue weighted by atomic mass is 10.2. The smallest absolute Gasteiger partial charge is 0.307 e. The molecule has 7 heteroatoms. The first-order valence-corrected chi connectivity index (χ1v) is 4.94. The highest BCUT2D eigenvalue weighted by atomic mass is 19.1. The number of carbonyl (C=O) groups is 1. The van der Waals surface area contributed by atoms with Crippen molar-refractivity contribution >= 4 is 17.3 Å². The van der Waals surface area contributed by atoms with Gasteiger partial charge in [0.1, 0.15) is 11.5 Å². The van der Waals surface area contributed by atoms with Gasteiger partial charge in [0.2, 0.25) is 11.7 Å². The minimum atomic E-state index is -1.36. The van der Waals surface area contributed by atoms with Crippen LogP contribution in [0.5, 0.6) is 0 Å². The monoisotopic (exact) mass is 242 g/mol. The van der Waals surface area contributed by atoms with Crippen LogP contribution in [0.4, 0.5) is 20.2 Å². The summed E-state index contributed by atoms with van der Waals surface area (Å²) in [5, 5.41) is 12.5. The minimum absolute atomic E-state index is 0.243. The molecule has 17 heavy (non-hydrogen) atoms. The fraction of sp³-hybridized carbons (Fsp3) is 0.300. The molecule has 1 aromatic rings. The SMILES string of the molecule is O=C(Nc1c(F)ccc([N+](=O)[O-])c1F)C1CC1. The second kappa shape index (κ2) is 4.08. The Balaban J connectivity index is 2.33. The van der Waals surface area contributed by atoms with E-state index in [0.717, 1.165) is 12.1 Å². The minimum Gasteiger partial charge on any atom is -0.321 e. The Morgan fingerprint density at radius 2 is 2.06 bits per heavy atom. The van der Waals surface area contributed by atoms with Gasteiger partial charge in [-0.2, -0.15) is 4.39 Å². The number of carbonyl (C=O) groups excluding carboxylic acids is 1. The molecule has 0 bridgehead atoms. The maximum atomic E-state index is 13.5. The van der Waals surface area contributed by atoms with E-state index < -0.39 is 33.8 Å². The van der Waals surface area contributed by atoms with Crippen LogP contribution < -0.4 is 5.32 Å². The maximum absolute atomic E-state index is 13.5. The zero-order chi connectivity index (χ0) is 12.6. The van der Waals surface area contributed by atoms with Gasteiger partial charge in [-0.05, 0) is 18.9 Å². The number of nitro benzene ring substituents is 1. The van der Waals surface area contributed by atoms with Crippen LogP contribution in [0.3, 0.4) is 0 Å². The quantitative estimate of drug-likeness (QED) is 0.652. The van der Waals surface area contributed by atoms with Gasteiger partial charge in [0, 0.05) is 12.0 Å². The summed E-state index contributed by atoms with van der Waals surface area (Å²) in [7, 11) is 0. The molecule has 1 saturated carbocycles. The Morgan fingerprint density at radius 1 is 1.41 bits per heavy atom. The van der Waals surface area contributed by atoms with E-state index in [1.807, 2.05) is 5.32 Å². The molecule has 0 heterocycles. The number of rotatable bonds is 3. The Hall–Kier alpha value is -2.05. The maximum Gasteiger partial charge on any atom is 0.307 e. The lowest BCUT2D eigenvalue weighted by Gasteiger charge is -2.06. The number of amides is 1. The zero-order valence-electron chi connectivity index (χ0n) is 8.57. The number of anilines is 1. The van der Waals surface area contributed by atoms with E-state index in [4.69, 9.17) is 0 Å². The van der Waals surface area contributed by atoms with E-state index in [2.05, 4.69) is 0 Å². The first kappa shape index (κ1) is 11.4. The highest BCUT2D eigenvalue weighted by Gasteiger charge is 2.32. The molecule has 1 fully saturated rings. The van der Waals surface area contributed by atoms with Gasteiger partial charge in [0.25, 0.3) is 0 Å². The van der Waals surface area contributed by atoms with Crippen molar-refractivity contribution < 1.29 is 18.5 Å². The van der Waals surface area contributed by atoms with Crippen LogP contribution in [0.15, 0.2) is 12.1 Å². The van der Waals surface area contributed by atoms with Crippen molar-refractivity contribution in [1.29, 1.82) is 0 Å². The van der Waals surface area contributed by atoms with Crippen molar-refractivity contribution in [3.63, 3.8) is 0 Å². The van der Waals surface area contributed by atoms with Gasteiger partial charge < -0.3 is 5.32 Å². The molecule has 0 aliphatic heterocycles. The third-order valence-corrected chi connectivity index (χ3v) is 2.46. The van der Waals surface area contributed by atoms with Crippen LogP contribution in [-0.2, 0) is 4.79 Å². The topological polar surface area (TPSA) is 72.2 Å². The molecule has 1 aliphatic carbocycles. The molecule has 90 valence electrons. The van der Waals surface area contributed by atoms with Gasteiger partial charge in [-0.25, -0.2) is 4.39 Å². The predicted octanol–water partition coefficient (Wildman–Crippen LogP) is 2.22. The van der Waals surface area contributed by atoms with E-state index in [1.165, 1.54) is 0 Å². The summed E-state index contributed by atoms with van der Waals surface area (Å²) in [6.07, 6.45) is 1.34. The molecule has 0 saturated heterocycles. The molecular weight excluding hydrogens is 234 g/mol. The van der Waals surface area contributed by atoms with Gasteiger partial charge in [-0.1, -0.05) is 0 Å². The van der Waals surface area contributed by atoms with Crippen LogP contribution in [0, 0.1) is 27.7 Å². The van der Waals surface area contributed by atoms with Crippen LogP contribution in [0.2, 0.25) is 0 Å². The van der Waals surface area contributed by atoms with Crippen LogP contribution in [0.25, 0.3) is 0 Å². The fourth-order valence-corrected chi connectivity index (χ4v) is 1.37. The number of halogens is 2. The van der Waals surface area contributed by atoms with Crippen molar-refractivity contribution in [1.82, 2.24) is 0 Å². The van der Waals surface area contributed by atoms with Crippen LogP contribution in [-0.4, -0.2) is 10.8 Å². The highest BCUT2D eigenvalue weighted by Crippen LogP contribution is 2.32. The van der Waals surface area contributed by atoms with E-state index in [0.29, 0.717) is 12.8 Å². The van der Waals surface area contributed by atoms with Crippen molar-refractivity contribution in [3.8, 4) is 0 Å². The average Bonchev–Trinajstić information content (AvgIpc) is 3.06. The fourth-order valence-electron chi connectivity index (χ4n) is 1.37. The molecule has 2 rings (SSSR count). The Morgan fingerprint density at radius 3 is 2.59 bits per heavy atom. The van der Waals surface area contributed by atoms with Gasteiger partial charge >= 0.3 is 5.69 Å². The first-order valence-electron chi connectivity index (χ1n) is 4.94. The molecular formula is C10H8F2N2O3. The number of hydrogen-bond acceptors (Lipinski definition) is 3. The lowest BCUT2D eigenvalue weighted by Crippen LogP contribution is -2.16. The van der Waals surface area contributed by atoms with E-state index >= 15 is 0 Å². The molecule has 0 atom stereocenters. The highest BCUT2D eigenvalue weighted by molar-refractivity contribution is 5.94.